The third-order valence-electron chi connectivity index (χ3n) is 0.986. The Morgan fingerprint density at radius 3 is 2.25 bits per heavy atom. The van der Waals surface area contributed by atoms with Gasteiger partial charge in [0, 0.05) is 6.54 Å². The van der Waals surface area contributed by atoms with Gasteiger partial charge in [-0.05, 0) is 12.3 Å². The lowest BCUT2D eigenvalue weighted by molar-refractivity contribution is 0.637. The summed E-state index contributed by atoms with van der Waals surface area (Å²) in [5.41, 5.74) is 6.47. The van der Waals surface area contributed by atoms with Crippen LogP contribution in [-0.2, 0) is 0 Å². The molecular formula is C7H15N. The Morgan fingerprint density at radius 1 is 1.62 bits per heavy atom. The molecule has 0 spiro atoms. The molecule has 1 nitrogen and oxygen atoms in total. The van der Waals surface area contributed by atoms with E-state index in [0.29, 0.717) is 12.5 Å². The average molecular weight is 113 g/mol. The number of hydrogen-bond donors (Lipinski definition) is 1. The molecule has 0 saturated carbocycles. The minimum atomic E-state index is 0.637. The van der Waals surface area contributed by atoms with Crippen molar-refractivity contribution in [2.45, 2.75) is 20.3 Å². The van der Waals surface area contributed by atoms with Crippen molar-refractivity contribution in [2.75, 3.05) is 6.54 Å². The molecule has 0 unspecified atom stereocenters. The summed E-state index contributed by atoms with van der Waals surface area (Å²) in [4.78, 5) is 0. The molecule has 0 aromatic heterocycles. The summed E-state index contributed by atoms with van der Waals surface area (Å²) in [7, 11) is 0. The van der Waals surface area contributed by atoms with Gasteiger partial charge in [0.1, 0.15) is 0 Å². The predicted molar refractivity (Wildman–Crippen MR) is 37.6 cm³/mol. The van der Waals surface area contributed by atoms with Crippen LogP contribution in [-0.4, -0.2) is 6.54 Å². The van der Waals surface area contributed by atoms with Crippen LogP contribution in [0.4, 0.5) is 0 Å². The van der Waals surface area contributed by atoms with Crippen molar-refractivity contribution in [1.82, 2.24) is 0 Å². The van der Waals surface area contributed by atoms with Crippen molar-refractivity contribution >= 4 is 0 Å². The van der Waals surface area contributed by atoms with Crippen LogP contribution in [0.25, 0.3) is 0 Å². The third-order valence-corrected chi connectivity index (χ3v) is 0.986. The summed E-state index contributed by atoms with van der Waals surface area (Å²) in [6, 6.07) is 0. The van der Waals surface area contributed by atoms with Crippen molar-refractivity contribution in [3.8, 4) is 0 Å². The predicted octanol–water partition coefficient (Wildman–Crippen LogP) is 1.55. The zero-order valence-corrected chi connectivity index (χ0v) is 5.78. The van der Waals surface area contributed by atoms with Crippen molar-refractivity contribution in [3.05, 3.63) is 12.2 Å². The van der Waals surface area contributed by atoms with Gasteiger partial charge < -0.3 is 5.73 Å². The topological polar surface area (TPSA) is 26.0 Å². The monoisotopic (exact) mass is 113 g/mol. The van der Waals surface area contributed by atoms with Crippen molar-refractivity contribution < 1.29 is 0 Å². The highest BCUT2D eigenvalue weighted by atomic mass is 14.5. The van der Waals surface area contributed by atoms with Gasteiger partial charge >= 0.3 is 0 Å². The molecule has 0 aromatic rings. The molecule has 0 radical (unpaired) electrons. The third kappa shape index (κ3) is 3.88. The molecule has 0 fully saturated rings. The Kier molecular flexibility index (Phi) is 3.53. The molecule has 0 rings (SSSR count). The molecule has 1 heteroatoms. The van der Waals surface area contributed by atoms with Crippen molar-refractivity contribution in [1.29, 1.82) is 0 Å². The average Bonchev–Trinajstić information content (AvgIpc) is 1.65. The smallest absolute Gasteiger partial charge is 0.0134 e. The van der Waals surface area contributed by atoms with Gasteiger partial charge in [0.2, 0.25) is 0 Å². The summed E-state index contributed by atoms with van der Waals surface area (Å²) in [6.07, 6.45) is 1.07. The van der Waals surface area contributed by atoms with Crippen molar-refractivity contribution in [2.24, 2.45) is 11.7 Å². The fraction of sp³-hybridized carbons (Fsp3) is 0.714. The zero-order valence-electron chi connectivity index (χ0n) is 5.78. The first-order valence-electron chi connectivity index (χ1n) is 3.03. The van der Waals surface area contributed by atoms with E-state index in [1.807, 2.05) is 0 Å². The van der Waals surface area contributed by atoms with Crippen LogP contribution in [0.15, 0.2) is 12.2 Å². The Labute approximate surface area is 51.6 Å². The highest BCUT2D eigenvalue weighted by molar-refractivity contribution is 4.95. The maximum atomic E-state index is 5.32. The maximum Gasteiger partial charge on any atom is 0.0134 e. The summed E-state index contributed by atoms with van der Waals surface area (Å²) >= 11 is 0. The highest BCUT2D eigenvalue weighted by Crippen LogP contribution is 2.05. The normalized spacial score (nSPS) is 10.0. The molecule has 0 aliphatic rings. The van der Waals surface area contributed by atoms with Gasteiger partial charge in [0.15, 0.2) is 0 Å². The van der Waals surface area contributed by atoms with Gasteiger partial charge in [0.25, 0.3) is 0 Å². The lowest BCUT2D eigenvalue weighted by atomic mass is 10.1. The van der Waals surface area contributed by atoms with Crippen LogP contribution >= 0.6 is 0 Å². The van der Waals surface area contributed by atoms with Gasteiger partial charge in [-0.15, -0.1) is 0 Å². The standard InChI is InChI=1S/C7H15N/c1-6(2)4-7(3)5-8/h6H,3-5,8H2,1-2H3. The van der Waals surface area contributed by atoms with E-state index >= 15 is 0 Å². The first kappa shape index (κ1) is 7.70. The van der Waals surface area contributed by atoms with E-state index in [2.05, 4.69) is 20.4 Å². The Hall–Kier alpha value is -0.300. The lowest BCUT2D eigenvalue weighted by Gasteiger charge is -2.03. The minimum absolute atomic E-state index is 0.637. The van der Waals surface area contributed by atoms with E-state index in [9.17, 15) is 0 Å². The molecule has 0 aliphatic carbocycles. The molecule has 0 heterocycles. The van der Waals surface area contributed by atoms with Crippen LogP contribution in [0.1, 0.15) is 20.3 Å². The highest BCUT2D eigenvalue weighted by Gasteiger charge is 1.94. The fourth-order valence-corrected chi connectivity index (χ4v) is 0.661. The SMILES string of the molecule is C=C(CN)CC(C)C. The van der Waals surface area contributed by atoms with E-state index < -0.39 is 0 Å². The van der Waals surface area contributed by atoms with Crippen LogP contribution in [0.2, 0.25) is 0 Å². The second-order valence-corrected chi connectivity index (χ2v) is 2.55. The number of hydrogen-bond acceptors (Lipinski definition) is 1. The number of nitrogens with two attached hydrogens (primary N) is 1. The molecule has 0 atom stereocenters. The molecule has 0 aliphatic heterocycles. The van der Waals surface area contributed by atoms with E-state index in [-0.39, 0.29) is 0 Å². The number of rotatable bonds is 3. The first-order valence-corrected chi connectivity index (χ1v) is 3.03. The minimum Gasteiger partial charge on any atom is -0.327 e. The van der Waals surface area contributed by atoms with Crippen LogP contribution in [0.5, 0.6) is 0 Å². The molecule has 48 valence electrons. The Morgan fingerprint density at radius 2 is 2.12 bits per heavy atom. The van der Waals surface area contributed by atoms with Crippen LogP contribution in [0, 0.1) is 5.92 Å². The van der Waals surface area contributed by atoms with Crippen molar-refractivity contribution in [3.63, 3.8) is 0 Å². The van der Waals surface area contributed by atoms with Gasteiger partial charge in [-0.1, -0.05) is 26.0 Å². The van der Waals surface area contributed by atoms with Gasteiger partial charge in [-0.25, -0.2) is 0 Å². The molecular weight excluding hydrogens is 98.1 g/mol. The van der Waals surface area contributed by atoms with Gasteiger partial charge in [0.05, 0.1) is 0 Å². The van der Waals surface area contributed by atoms with Gasteiger partial charge in [-0.2, -0.15) is 0 Å². The molecule has 2 N–H and O–H groups in total. The molecule has 0 amide bonds. The zero-order chi connectivity index (χ0) is 6.57. The molecule has 0 bridgehead atoms. The Balaban J connectivity index is 3.25. The lowest BCUT2D eigenvalue weighted by Crippen LogP contribution is -2.03. The van der Waals surface area contributed by atoms with Crippen LogP contribution in [0.3, 0.4) is 0 Å². The molecule has 0 saturated heterocycles. The molecule has 0 aromatic carbocycles. The largest absolute Gasteiger partial charge is 0.327 e. The molecule has 8 heavy (non-hydrogen) atoms. The maximum absolute atomic E-state index is 5.32. The van der Waals surface area contributed by atoms with Gasteiger partial charge in [-0.3, -0.25) is 0 Å². The van der Waals surface area contributed by atoms with E-state index in [1.54, 1.807) is 0 Å². The van der Waals surface area contributed by atoms with E-state index in [1.165, 1.54) is 0 Å². The Bertz CT molecular complexity index is 74.5. The quantitative estimate of drug-likeness (QED) is 0.552. The summed E-state index contributed by atoms with van der Waals surface area (Å²) < 4.78 is 0. The second-order valence-electron chi connectivity index (χ2n) is 2.55. The summed E-state index contributed by atoms with van der Waals surface area (Å²) in [5, 5.41) is 0. The van der Waals surface area contributed by atoms with E-state index in [0.717, 1.165) is 12.0 Å². The summed E-state index contributed by atoms with van der Waals surface area (Å²) in [5.74, 6) is 0.700. The fourth-order valence-electron chi connectivity index (χ4n) is 0.661. The van der Waals surface area contributed by atoms with Crippen LogP contribution < -0.4 is 5.73 Å². The summed E-state index contributed by atoms with van der Waals surface area (Å²) in [6.45, 7) is 8.76. The second kappa shape index (κ2) is 3.67. The first-order chi connectivity index (χ1) is 3.66. The van der Waals surface area contributed by atoms with E-state index in [4.69, 9.17) is 5.73 Å².